The minimum Gasteiger partial charge on any atom is -0.496 e. The van der Waals surface area contributed by atoms with Gasteiger partial charge in [-0.2, -0.15) is 0 Å². The molecule has 16 heavy (non-hydrogen) atoms. The van der Waals surface area contributed by atoms with Crippen LogP contribution >= 0.6 is 15.9 Å². The minimum absolute atomic E-state index is 0.304. The van der Waals surface area contributed by atoms with Gasteiger partial charge in [0.1, 0.15) is 5.75 Å². The Morgan fingerprint density at radius 2 is 2.25 bits per heavy atom. The first kappa shape index (κ1) is 12.7. The van der Waals surface area contributed by atoms with Gasteiger partial charge in [0.05, 0.1) is 11.6 Å². The van der Waals surface area contributed by atoms with Crippen molar-refractivity contribution in [1.29, 1.82) is 0 Å². The van der Waals surface area contributed by atoms with Crippen molar-refractivity contribution in [3.8, 4) is 5.75 Å². The van der Waals surface area contributed by atoms with Crippen LogP contribution in [0.15, 0.2) is 22.7 Å². The van der Waals surface area contributed by atoms with E-state index in [1.54, 1.807) is 20.2 Å². The van der Waals surface area contributed by atoms with Gasteiger partial charge in [0.2, 0.25) is 6.29 Å². The molecule has 0 spiro atoms. The highest BCUT2D eigenvalue weighted by molar-refractivity contribution is 9.10. The summed E-state index contributed by atoms with van der Waals surface area (Å²) in [6.07, 6.45) is 0.304. The van der Waals surface area contributed by atoms with Crippen LogP contribution in [0.4, 0.5) is 0 Å². The number of benzene rings is 1. The van der Waals surface area contributed by atoms with E-state index in [9.17, 15) is 9.59 Å². The van der Waals surface area contributed by atoms with E-state index in [-0.39, 0.29) is 0 Å². The van der Waals surface area contributed by atoms with Gasteiger partial charge in [-0.3, -0.25) is 9.59 Å². The normalized spacial score (nSPS) is 9.69. The molecule has 0 N–H and O–H groups in total. The zero-order valence-electron chi connectivity index (χ0n) is 9.07. The maximum atomic E-state index is 11.0. The SMILES string of the molecule is COc1ccc(CN(C)C(=O)C=O)cc1Br. The Balaban J connectivity index is 2.79. The molecule has 5 heteroatoms. The minimum atomic E-state index is -0.535. The highest BCUT2D eigenvalue weighted by atomic mass is 79.9. The first-order valence-electron chi connectivity index (χ1n) is 4.61. The summed E-state index contributed by atoms with van der Waals surface area (Å²) in [4.78, 5) is 22.7. The number of carbonyl (C=O) groups excluding carboxylic acids is 2. The average Bonchev–Trinajstić information content (AvgIpc) is 2.28. The number of aldehydes is 1. The summed E-state index contributed by atoms with van der Waals surface area (Å²) in [6, 6.07) is 5.50. The summed E-state index contributed by atoms with van der Waals surface area (Å²) in [7, 11) is 3.16. The predicted octanol–water partition coefficient (Wildman–Crippen LogP) is 1.61. The van der Waals surface area contributed by atoms with E-state index in [0.717, 1.165) is 15.8 Å². The van der Waals surface area contributed by atoms with Crippen molar-refractivity contribution >= 4 is 28.1 Å². The first-order chi connectivity index (χ1) is 7.58. The molecule has 0 aliphatic rings. The van der Waals surface area contributed by atoms with Crippen LogP contribution in [0, 0.1) is 0 Å². The van der Waals surface area contributed by atoms with Crippen LogP contribution in [0.1, 0.15) is 5.56 Å². The fraction of sp³-hybridized carbons (Fsp3) is 0.273. The van der Waals surface area contributed by atoms with E-state index in [2.05, 4.69) is 15.9 Å². The fourth-order valence-electron chi connectivity index (χ4n) is 1.25. The van der Waals surface area contributed by atoms with Crippen molar-refractivity contribution < 1.29 is 14.3 Å². The molecule has 0 saturated carbocycles. The second kappa shape index (κ2) is 5.65. The predicted molar refractivity (Wildman–Crippen MR) is 63.2 cm³/mol. The Morgan fingerprint density at radius 3 is 2.75 bits per heavy atom. The summed E-state index contributed by atoms with van der Waals surface area (Å²) in [6.45, 7) is 0.389. The molecule has 0 atom stereocenters. The Bertz CT molecular complexity index is 406. The lowest BCUT2D eigenvalue weighted by atomic mass is 10.2. The van der Waals surface area contributed by atoms with Gasteiger partial charge >= 0.3 is 0 Å². The van der Waals surface area contributed by atoms with Gasteiger partial charge in [-0.15, -0.1) is 0 Å². The Morgan fingerprint density at radius 1 is 1.56 bits per heavy atom. The molecule has 0 aromatic heterocycles. The molecule has 0 aliphatic heterocycles. The van der Waals surface area contributed by atoms with Gasteiger partial charge in [0.25, 0.3) is 5.91 Å². The van der Waals surface area contributed by atoms with Crippen molar-refractivity contribution in [2.75, 3.05) is 14.2 Å². The van der Waals surface area contributed by atoms with Gasteiger partial charge in [-0.1, -0.05) is 6.07 Å². The number of amides is 1. The quantitative estimate of drug-likeness (QED) is 0.624. The molecule has 1 aromatic carbocycles. The average molecular weight is 286 g/mol. The van der Waals surface area contributed by atoms with Gasteiger partial charge in [-0.05, 0) is 33.6 Å². The largest absolute Gasteiger partial charge is 0.496 e. The van der Waals surface area contributed by atoms with Crippen molar-refractivity contribution in [3.05, 3.63) is 28.2 Å². The number of hydrogen-bond donors (Lipinski definition) is 0. The van der Waals surface area contributed by atoms with Crippen LogP contribution in [0.2, 0.25) is 0 Å². The summed E-state index contributed by atoms with van der Waals surface area (Å²) in [5.41, 5.74) is 0.922. The highest BCUT2D eigenvalue weighted by Crippen LogP contribution is 2.25. The maximum Gasteiger partial charge on any atom is 0.286 e. The fourth-order valence-corrected chi connectivity index (χ4v) is 1.84. The summed E-state index contributed by atoms with van der Waals surface area (Å²) < 4.78 is 5.91. The van der Waals surface area contributed by atoms with Gasteiger partial charge in [0, 0.05) is 13.6 Å². The van der Waals surface area contributed by atoms with Crippen molar-refractivity contribution in [2.24, 2.45) is 0 Å². The molecule has 1 rings (SSSR count). The Kier molecular flexibility index (Phi) is 4.49. The molecule has 86 valence electrons. The van der Waals surface area contributed by atoms with E-state index in [1.165, 1.54) is 4.90 Å². The number of halogens is 1. The molecule has 0 unspecified atom stereocenters. The number of nitrogens with zero attached hydrogens (tertiary/aromatic N) is 1. The molecule has 0 bridgehead atoms. The number of ether oxygens (including phenoxy) is 1. The zero-order chi connectivity index (χ0) is 12.1. The molecule has 0 fully saturated rings. The third kappa shape index (κ3) is 3.06. The Hall–Kier alpha value is -1.36. The number of hydrogen-bond acceptors (Lipinski definition) is 3. The molecule has 0 aliphatic carbocycles. The van der Waals surface area contributed by atoms with Gasteiger partial charge in [-0.25, -0.2) is 0 Å². The van der Waals surface area contributed by atoms with E-state index in [4.69, 9.17) is 4.74 Å². The lowest BCUT2D eigenvalue weighted by Gasteiger charge is -2.14. The third-order valence-corrected chi connectivity index (χ3v) is 2.73. The third-order valence-electron chi connectivity index (χ3n) is 2.11. The van der Waals surface area contributed by atoms with Crippen molar-refractivity contribution in [2.45, 2.75) is 6.54 Å². The summed E-state index contributed by atoms with van der Waals surface area (Å²) in [5, 5.41) is 0. The van der Waals surface area contributed by atoms with E-state index in [1.807, 2.05) is 12.1 Å². The molecule has 0 radical (unpaired) electrons. The van der Waals surface area contributed by atoms with E-state index >= 15 is 0 Å². The second-order valence-electron chi connectivity index (χ2n) is 3.28. The van der Waals surface area contributed by atoms with Crippen molar-refractivity contribution in [1.82, 2.24) is 4.90 Å². The highest BCUT2D eigenvalue weighted by Gasteiger charge is 2.08. The van der Waals surface area contributed by atoms with Crippen LogP contribution in [0.5, 0.6) is 5.75 Å². The van der Waals surface area contributed by atoms with Crippen molar-refractivity contribution in [3.63, 3.8) is 0 Å². The first-order valence-corrected chi connectivity index (χ1v) is 5.40. The maximum absolute atomic E-state index is 11.0. The molecule has 0 heterocycles. The summed E-state index contributed by atoms with van der Waals surface area (Å²) in [5.74, 6) is 0.194. The van der Waals surface area contributed by atoms with Crippen LogP contribution in [0.3, 0.4) is 0 Å². The zero-order valence-corrected chi connectivity index (χ0v) is 10.7. The van der Waals surface area contributed by atoms with E-state index < -0.39 is 5.91 Å². The molecule has 1 amide bonds. The number of carbonyl (C=O) groups is 2. The molecular weight excluding hydrogens is 274 g/mol. The number of rotatable bonds is 4. The molecular formula is C11H12BrNO3. The van der Waals surface area contributed by atoms with Crippen LogP contribution in [-0.4, -0.2) is 31.3 Å². The summed E-state index contributed by atoms with van der Waals surface area (Å²) >= 11 is 3.35. The van der Waals surface area contributed by atoms with Gasteiger partial charge in [0.15, 0.2) is 0 Å². The second-order valence-corrected chi connectivity index (χ2v) is 4.14. The smallest absolute Gasteiger partial charge is 0.286 e. The van der Waals surface area contributed by atoms with Crippen LogP contribution < -0.4 is 4.74 Å². The lowest BCUT2D eigenvalue weighted by molar-refractivity contribution is -0.138. The number of likely N-dealkylation sites (N-methyl/N-ethyl adjacent to an activating group) is 1. The van der Waals surface area contributed by atoms with E-state index in [0.29, 0.717) is 12.8 Å². The molecule has 1 aromatic rings. The standard InChI is InChI=1S/C11H12BrNO3/c1-13(11(15)7-14)6-8-3-4-10(16-2)9(12)5-8/h3-5,7H,6H2,1-2H3. The Labute approximate surface area is 102 Å². The molecule has 0 saturated heterocycles. The molecule has 4 nitrogen and oxygen atoms in total. The monoisotopic (exact) mass is 285 g/mol. The van der Waals surface area contributed by atoms with Gasteiger partial charge < -0.3 is 9.64 Å². The number of methoxy groups -OCH3 is 1. The van der Waals surface area contributed by atoms with Crippen LogP contribution in [-0.2, 0) is 16.1 Å². The van der Waals surface area contributed by atoms with Crippen LogP contribution in [0.25, 0.3) is 0 Å². The lowest BCUT2D eigenvalue weighted by Crippen LogP contribution is -2.26. The topological polar surface area (TPSA) is 46.6 Å².